The number of fused-ring (bicyclic) bond motifs is 6. The second-order valence-electron chi connectivity index (χ2n) is 19.6. The number of anilines is 6. The van der Waals surface area contributed by atoms with Crippen molar-refractivity contribution < 1.29 is 4.42 Å². The van der Waals surface area contributed by atoms with Crippen LogP contribution in [0.5, 0.6) is 0 Å². The Bertz CT molecular complexity index is 4180. The van der Waals surface area contributed by atoms with Crippen LogP contribution in [-0.4, -0.2) is 0 Å². The van der Waals surface area contributed by atoms with E-state index in [0.717, 1.165) is 72.8 Å². The molecule has 0 radical (unpaired) electrons. The maximum atomic E-state index is 6.45. The van der Waals surface area contributed by atoms with E-state index in [1.54, 1.807) is 0 Å². The lowest BCUT2D eigenvalue weighted by molar-refractivity contribution is 0.669. The average molecular weight is 971 g/mol. The molecule has 0 amide bonds. The molecule has 0 saturated heterocycles. The molecule has 0 aliphatic heterocycles. The Labute approximate surface area is 443 Å². The summed E-state index contributed by atoms with van der Waals surface area (Å²) >= 11 is 0. The van der Waals surface area contributed by atoms with Crippen molar-refractivity contribution in [3.63, 3.8) is 0 Å². The molecular weight excluding hydrogens is 921 g/mol. The summed E-state index contributed by atoms with van der Waals surface area (Å²) in [6, 6.07) is 110. The summed E-state index contributed by atoms with van der Waals surface area (Å²) < 4.78 is 6.45. The van der Waals surface area contributed by atoms with E-state index >= 15 is 0 Å². The molecule has 0 spiro atoms. The van der Waals surface area contributed by atoms with Gasteiger partial charge in [-0.1, -0.05) is 224 Å². The van der Waals surface area contributed by atoms with Gasteiger partial charge < -0.3 is 14.2 Å². The number of nitrogens with zero attached hydrogens (tertiary/aromatic N) is 2. The first-order valence-corrected chi connectivity index (χ1v) is 26.1. The summed E-state index contributed by atoms with van der Waals surface area (Å²) in [6.45, 7) is 0. The third-order valence-electron chi connectivity index (χ3n) is 15.3. The summed E-state index contributed by atoms with van der Waals surface area (Å²) in [5, 5.41) is 2.15. The van der Waals surface area contributed by atoms with Crippen molar-refractivity contribution in [1.29, 1.82) is 0 Å². The minimum absolute atomic E-state index is 0.576. The smallest absolute Gasteiger partial charge is 0.135 e. The van der Waals surface area contributed by atoms with Gasteiger partial charge in [0.1, 0.15) is 11.2 Å². The van der Waals surface area contributed by atoms with Gasteiger partial charge in [0.15, 0.2) is 0 Å². The fourth-order valence-electron chi connectivity index (χ4n) is 11.9. The average Bonchev–Trinajstić information content (AvgIpc) is 4.19. The van der Waals surface area contributed by atoms with Gasteiger partial charge in [-0.2, -0.15) is 0 Å². The number of hydrogen-bond donors (Lipinski definition) is 0. The zero-order valence-electron chi connectivity index (χ0n) is 41.7. The van der Waals surface area contributed by atoms with Crippen molar-refractivity contribution in [1.82, 2.24) is 0 Å². The molecule has 0 fully saturated rings. The number of rotatable bonds is 11. The lowest BCUT2D eigenvalue weighted by Gasteiger charge is -2.35. The molecule has 3 nitrogen and oxygen atoms in total. The molecule has 0 bridgehead atoms. The molecule has 0 atom stereocenters. The van der Waals surface area contributed by atoms with Gasteiger partial charge in [-0.25, -0.2) is 0 Å². The first kappa shape index (κ1) is 44.7. The normalized spacial score (nSPS) is 12.3. The highest BCUT2D eigenvalue weighted by Crippen LogP contribution is 2.57. The summed E-state index contributed by atoms with van der Waals surface area (Å²) in [5.74, 6) is 0. The van der Waals surface area contributed by atoms with Crippen LogP contribution in [0.3, 0.4) is 0 Å². The first-order valence-electron chi connectivity index (χ1n) is 26.1. The topological polar surface area (TPSA) is 19.6 Å². The fourth-order valence-corrected chi connectivity index (χ4v) is 11.9. The van der Waals surface area contributed by atoms with Crippen molar-refractivity contribution in [3.8, 4) is 44.5 Å². The number of furan rings is 1. The lowest BCUT2D eigenvalue weighted by Crippen LogP contribution is -2.28. The SMILES string of the molecule is c1ccc(-c2ccc(N(c3cccc(N(c4cccc(C5(c6ccccc6)c6ccccc6-c6ccccc65)c4)c4ccc5oc6ccccc6c5c4)c3)c3ccc(-c4ccccc4)c(-c4ccccc4)c3)cc2)cc1. The Morgan fingerprint density at radius 2 is 0.684 bits per heavy atom. The van der Waals surface area contributed by atoms with Crippen LogP contribution in [0, 0.1) is 0 Å². The van der Waals surface area contributed by atoms with Gasteiger partial charge in [0.2, 0.25) is 0 Å². The maximum Gasteiger partial charge on any atom is 0.135 e. The Balaban J connectivity index is 0.986. The van der Waals surface area contributed by atoms with Crippen LogP contribution < -0.4 is 9.80 Å². The van der Waals surface area contributed by atoms with Crippen LogP contribution >= 0.6 is 0 Å². The lowest BCUT2D eigenvalue weighted by atomic mass is 9.67. The van der Waals surface area contributed by atoms with Gasteiger partial charge in [-0.3, -0.25) is 0 Å². The highest BCUT2D eigenvalue weighted by molar-refractivity contribution is 6.06. The Hall–Kier alpha value is -9.96. The van der Waals surface area contributed by atoms with Crippen LogP contribution in [0.4, 0.5) is 34.1 Å². The van der Waals surface area contributed by atoms with Crippen molar-refractivity contribution in [3.05, 3.63) is 326 Å². The van der Waals surface area contributed by atoms with E-state index in [1.807, 2.05) is 6.07 Å². The van der Waals surface area contributed by atoms with E-state index in [9.17, 15) is 0 Å². The standard InChI is InChI=1S/C73H50N2O/c1-5-21-51(22-6-1)52-39-41-57(42-40-52)74(61-43-45-63(53-23-7-2-8-24-53)67(49-61)54-25-9-3-10-26-54)59-31-20-32-60(48-59)75(62-44-46-72-68(50-62)66-35-15-18-38-71(66)76-72)58-30-19-29-56(47-58)73(55-27-11-4-12-28-55)69-36-16-13-33-64(69)65-34-14-17-37-70(65)73/h1-50H. The van der Waals surface area contributed by atoms with Crippen LogP contribution in [0.1, 0.15) is 22.3 Å². The van der Waals surface area contributed by atoms with E-state index in [2.05, 4.69) is 307 Å². The van der Waals surface area contributed by atoms with E-state index < -0.39 is 5.41 Å². The van der Waals surface area contributed by atoms with Crippen molar-refractivity contribution in [2.75, 3.05) is 9.80 Å². The predicted molar refractivity (Wildman–Crippen MR) is 317 cm³/mol. The van der Waals surface area contributed by atoms with Crippen molar-refractivity contribution in [2.24, 2.45) is 0 Å². The molecule has 1 aliphatic carbocycles. The quantitative estimate of drug-likeness (QED) is 0.129. The summed E-state index contributed by atoms with van der Waals surface area (Å²) in [7, 11) is 0. The summed E-state index contributed by atoms with van der Waals surface area (Å²) in [5.41, 5.74) is 21.9. The van der Waals surface area contributed by atoms with Gasteiger partial charge >= 0.3 is 0 Å². The molecule has 1 heterocycles. The molecule has 1 aliphatic rings. The number of hydrogen-bond acceptors (Lipinski definition) is 3. The van der Waals surface area contributed by atoms with Gasteiger partial charge in [-0.15, -0.1) is 0 Å². The van der Waals surface area contributed by atoms with Gasteiger partial charge in [-0.05, 0) is 146 Å². The molecular formula is C73H50N2O. The molecule has 358 valence electrons. The van der Waals surface area contributed by atoms with Crippen molar-refractivity contribution >= 4 is 56.1 Å². The molecule has 76 heavy (non-hydrogen) atoms. The van der Waals surface area contributed by atoms with Gasteiger partial charge in [0, 0.05) is 44.9 Å². The largest absolute Gasteiger partial charge is 0.456 e. The monoisotopic (exact) mass is 970 g/mol. The summed E-state index contributed by atoms with van der Waals surface area (Å²) in [4.78, 5) is 4.82. The van der Waals surface area contributed by atoms with Gasteiger partial charge in [0.25, 0.3) is 0 Å². The Morgan fingerprint density at radius 1 is 0.237 bits per heavy atom. The van der Waals surface area contributed by atoms with Crippen LogP contribution in [-0.2, 0) is 5.41 Å². The molecule has 0 N–H and O–H groups in total. The van der Waals surface area contributed by atoms with E-state index in [-0.39, 0.29) is 0 Å². The third kappa shape index (κ3) is 7.60. The molecule has 14 rings (SSSR count). The molecule has 3 heteroatoms. The minimum Gasteiger partial charge on any atom is -0.456 e. The highest BCUT2D eigenvalue weighted by atomic mass is 16.3. The van der Waals surface area contributed by atoms with E-state index in [1.165, 1.54) is 50.1 Å². The Kier molecular flexibility index (Phi) is 11.1. The minimum atomic E-state index is -0.576. The van der Waals surface area contributed by atoms with Crippen molar-refractivity contribution in [2.45, 2.75) is 5.41 Å². The number of benzene rings is 12. The number of para-hydroxylation sites is 1. The zero-order valence-corrected chi connectivity index (χ0v) is 41.7. The Morgan fingerprint density at radius 3 is 1.36 bits per heavy atom. The summed E-state index contributed by atoms with van der Waals surface area (Å²) in [6.07, 6.45) is 0. The second-order valence-corrected chi connectivity index (χ2v) is 19.6. The predicted octanol–water partition coefficient (Wildman–Crippen LogP) is 19.9. The first-order chi connectivity index (χ1) is 37.7. The zero-order chi connectivity index (χ0) is 50.4. The fraction of sp³-hybridized carbons (Fsp3) is 0.0137. The third-order valence-corrected chi connectivity index (χ3v) is 15.3. The van der Waals surface area contributed by atoms with E-state index in [0.29, 0.717) is 0 Å². The van der Waals surface area contributed by atoms with E-state index in [4.69, 9.17) is 4.42 Å². The second kappa shape index (κ2) is 18.8. The molecule has 13 aromatic rings. The molecule has 0 saturated carbocycles. The molecule has 1 aromatic heterocycles. The van der Waals surface area contributed by atoms with Crippen LogP contribution in [0.25, 0.3) is 66.4 Å². The highest BCUT2D eigenvalue weighted by Gasteiger charge is 2.46. The molecule has 0 unspecified atom stereocenters. The molecule has 12 aromatic carbocycles. The van der Waals surface area contributed by atoms with Crippen LogP contribution in [0.15, 0.2) is 308 Å². The van der Waals surface area contributed by atoms with Gasteiger partial charge in [0.05, 0.1) is 5.41 Å². The van der Waals surface area contributed by atoms with Crippen LogP contribution in [0.2, 0.25) is 0 Å². The maximum absolute atomic E-state index is 6.45.